The van der Waals surface area contributed by atoms with E-state index in [1.165, 1.54) is 6.08 Å². The molecular weight excluding hydrogens is 470 g/mol. The van der Waals surface area contributed by atoms with E-state index in [0.29, 0.717) is 29.2 Å². The Labute approximate surface area is 196 Å². The van der Waals surface area contributed by atoms with Crippen LogP contribution in [0.1, 0.15) is 36.6 Å². The zero-order chi connectivity index (χ0) is 23.1. The number of nitriles is 1. The molecule has 0 aliphatic heterocycles. The van der Waals surface area contributed by atoms with Gasteiger partial charge in [0.1, 0.15) is 16.2 Å². The van der Waals surface area contributed by atoms with E-state index in [4.69, 9.17) is 0 Å². The molecule has 1 aromatic carbocycles. The third kappa shape index (κ3) is 7.01. The maximum atomic E-state index is 12.8. The minimum atomic E-state index is -0.424. The summed E-state index contributed by atoms with van der Waals surface area (Å²) < 4.78 is 0.633. The minimum absolute atomic E-state index is 0.00558. The van der Waals surface area contributed by atoms with Crippen LogP contribution in [0.15, 0.2) is 52.6 Å². The number of nitrogens with zero attached hydrogens (tertiary/aromatic N) is 3. The van der Waals surface area contributed by atoms with Crippen LogP contribution in [0.4, 0.5) is 5.69 Å². The van der Waals surface area contributed by atoms with Crippen LogP contribution in [-0.4, -0.2) is 42.3 Å². The van der Waals surface area contributed by atoms with E-state index in [-0.39, 0.29) is 17.5 Å². The highest BCUT2D eigenvalue weighted by Crippen LogP contribution is 2.41. The number of hydrogen-bond acceptors (Lipinski definition) is 5. The van der Waals surface area contributed by atoms with Crippen molar-refractivity contribution in [1.82, 2.24) is 15.2 Å². The fourth-order valence-corrected chi connectivity index (χ4v) is 3.60. The van der Waals surface area contributed by atoms with Gasteiger partial charge in [-0.2, -0.15) is 5.26 Å². The number of carbonyl (C=O) groups excluding carboxylic acids is 2. The van der Waals surface area contributed by atoms with Gasteiger partial charge in [-0.3, -0.25) is 9.59 Å². The van der Waals surface area contributed by atoms with E-state index in [1.807, 2.05) is 49.3 Å². The summed E-state index contributed by atoms with van der Waals surface area (Å²) in [4.78, 5) is 31.1. The van der Waals surface area contributed by atoms with E-state index >= 15 is 0 Å². The molecule has 1 aliphatic rings. The van der Waals surface area contributed by atoms with Gasteiger partial charge in [0.25, 0.3) is 5.91 Å². The van der Waals surface area contributed by atoms with Gasteiger partial charge in [-0.05, 0) is 84.7 Å². The number of anilines is 1. The van der Waals surface area contributed by atoms with Crippen LogP contribution in [0, 0.1) is 17.2 Å². The number of amides is 2. The standard InChI is InChI=1S/C24H26BrN5O2/c1-30(2)13-12-22(31)28-19-10-8-17(9-11-19)23(16-6-7-16)29-24(32)18(15-26)14-20-4-3-5-21(25)27-20/h3-5,8-11,14,16,23H,6-7,12-13H2,1-2H3,(H,28,31)(H,29,32). The highest BCUT2D eigenvalue weighted by molar-refractivity contribution is 9.10. The van der Waals surface area contributed by atoms with E-state index in [1.54, 1.807) is 18.2 Å². The molecule has 0 spiro atoms. The smallest absolute Gasteiger partial charge is 0.262 e. The number of hydrogen-bond donors (Lipinski definition) is 2. The Hall–Kier alpha value is -3.02. The maximum absolute atomic E-state index is 12.8. The molecule has 166 valence electrons. The van der Waals surface area contributed by atoms with Gasteiger partial charge in [0, 0.05) is 18.7 Å². The highest BCUT2D eigenvalue weighted by atomic mass is 79.9. The van der Waals surface area contributed by atoms with Crippen molar-refractivity contribution in [3.8, 4) is 6.07 Å². The molecule has 1 atom stereocenters. The van der Waals surface area contributed by atoms with Crippen molar-refractivity contribution in [3.05, 3.63) is 63.9 Å². The molecule has 1 unspecified atom stereocenters. The second-order valence-corrected chi connectivity index (χ2v) is 8.88. The molecule has 3 rings (SSSR count). The van der Waals surface area contributed by atoms with Gasteiger partial charge >= 0.3 is 0 Å². The molecule has 0 saturated heterocycles. The number of rotatable bonds is 9. The summed E-state index contributed by atoms with van der Waals surface area (Å²) in [7, 11) is 3.85. The zero-order valence-corrected chi connectivity index (χ0v) is 19.7. The van der Waals surface area contributed by atoms with Crippen molar-refractivity contribution in [1.29, 1.82) is 5.26 Å². The average Bonchev–Trinajstić information content (AvgIpc) is 3.60. The molecule has 0 bridgehead atoms. The summed E-state index contributed by atoms with van der Waals surface area (Å²) in [5.41, 5.74) is 2.20. The lowest BCUT2D eigenvalue weighted by Gasteiger charge is -2.19. The van der Waals surface area contributed by atoms with Crippen molar-refractivity contribution < 1.29 is 9.59 Å². The van der Waals surface area contributed by atoms with Crippen LogP contribution in [-0.2, 0) is 9.59 Å². The molecule has 1 aliphatic carbocycles. The number of benzene rings is 1. The van der Waals surface area contributed by atoms with Crippen LogP contribution in [0.2, 0.25) is 0 Å². The first-order chi connectivity index (χ1) is 15.4. The fourth-order valence-electron chi connectivity index (χ4n) is 3.25. The molecule has 2 N–H and O–H groups in total. The predicted molar refractivity (Wildman–Crippen MR) is 127 cm³/mol. The summed E-state index contributed by atoms with van der Waals surface area (Å²) in [5.74, 6) is -0.126. The van der Waals surface area contributed by atoms with Crippen molar-refractivity contribution in [2.75, 3.05) is 26.0 Å². The second-order valence-electron chi connectivity index (χ2n) is 8.07. The van der Waals surface area contributed by atoms with Gasteiger partial charge in [0.2, 0.25) is 5.91 Å². The van der Waals surface area contributed by atoms with E-state index in [9.17, 15) is 14.9 Å². The van der Waals surface area contributed by atoms with Crippen molar-refractivity contribution in [2.45, 2.75) is 25.3 Å². The Bertz CT molecular complexity index is 1040. The maximum Gasteiger partial charge on any atom is 0.262 e. The monoisotopic (exact) mass is 495 g/mol. The Morgan fingerprint density at radius 2 is 1.97 bits per heavy atom. The van der Waals surface area contributed by atoms with E-state index < -0.39 is 5.91 Å². The second kappa shape index (κ2) is 11.0. The molecule has 2 aromatic rings. The Kier molecular flexibility index (Phi) is 8.14. The summed E-state index contributed by atoms with van der Waals surface area (Å²) in [6, 6.07) is 14.6. The lowest BCUT2D eigenvalue weighted by atomic mass is 10.0. The number of carbonyl (C=O) groups is 2. The lowest BCUT2D eigenvalue weighted by Crippen LogP contribution is -2.30. The van der Waals surface area contributed by atoms with Crippen LogP contribution in [0.3, 0.4) is 0 Å². The van der Waals surface area contributed by atoms with Gasteiger partial charge in [-0.15, -0.1) is 0 Å². The number of pyridine rings is 1. The molecule has 1 fully saturated rings. The first kappa shape index (κ1) is 23.6. The third-order valence-electron chi connectivity index (χ3n) is 5.11. The molecule has 1 aromatic heterocycles. The SMILES string of the molecule is CN(C)CCC(=O)Nc1ccc(C(NC(=O)C(C#N)=Cc2cccc(Br)n2)C2CC2)cc1. The van der Waals surface area contributed by atoms with Gasteiger partial charge in [-0.25, -0.2) is 4.98 Å². The van der Waals surface area contributed by atoms with Crippen molar-refractivity contribution >= 4 is 39.5 Å². The van der Waals surface area contributed by atoms with Crippen LogP contribution in [0.5, 0.6) is 0 Å². The Balaban J connectivity index is 1.68. The molecular formula is C24H26BrN5O2. The predicted octanol–water partition coefficient (Wildman–Crippen LogP) is 3.91. The van der Waals surface area contributed by atoms with E-state index in [0.717, 1.165) is 24.1 Å². The molecule has 1 heterocycles. The summed E-state index contributed by atoms with van der Waals surface area (Å²) in [5, 5.41) is 15.4. The molecule has 8 heteroatoms. The number of halogens is 1. The summed E-state index contributed by atoms with van der Waals surface area (Å²) in [6.45, 7) is 0.684. The molecule has 1 saturated carbocycles. The summed E-state index contributed by atoms with van der Waals surface area (Å²) in [6.07, 6.45) is 3.95. The fraction of sp³-hybridized carbons (Fsp3) is 0.333. The first-order valence-electron chi connectivity index (χ1n) is 10.5. The van der Waals surface area contributed by atoms with Crippen molar-refractivity contribution in [3.63, 3.8) is 0 Å². The van der Waals surface area contributed by atoms with E-state index in [2.05, 4.69) is 31.5 Å². The molecule has 32 heavy (non-hydrogen) atoms. The number of aromatic nitrogens is 1. The topological polar surface area (TPSA) is 98.1 Å². The molecule has 0 radical (unpaired) electrons. The normalized spacial score (nSPS) is 14.5. The number of nitrogens with one attached hydrogen (secondary N) is 2. The van der Waals surface area contributed by atoms with Gasteiger partial charge in [0.05, 0.1) is 11.7 Å². The zero-order valence-electron chi connectivity index (χ0n) is 18.1. The van der Waals surface area contributed by atoms with Crippen molar-refractivity contribution in [2.24, 2.45) is 5.92 Å². The minimum Gasteiger partial charge on any atom is -0.344 e. The van der Waals surface area contributed by atoms with Gasteiger partial charge in [-0.1, -0.05) is 18.2 Å². The Morgan fingerprint density at radius 1 is 1.25 bits per heavy atom. The summed E-state index contributed by atoms with van der Waals surface area (Å²) >= 11 is 3.29. The third-order valence-corrected chi connectivity index (χ3v) is 5.56. The quantitative estimate of drug-likeness (QED) is 0.312. The van der Waals surface area contributed by atoms with Gasteiger partial charge in [0.15, 0.2) is 0 Å². The molecule has 2 amide bonds. The molecule has 7 nitrogen and oxygen atoms in total. The van der Waals surface area contributed by atoms with Crippen LogP contribution >= 0.6 is 15.9 Å². The lowest BCUT2D eigenvalue weighted by molar-refractivity contribution is -0.118. The first-order valence-corrected chi connectivity index (χ1v) is 11.2. The van der Waals surface area contributed by atoms with Gasteiger partial charge < -0.3 is 15.5 Å². The van der Waals surface area contributed by atoms with Crippen LogP contribution in [0.25, 0.3) is 6.08 Å². The largest absolute Gasteiger partial charge is 0.344 e. The Morgan fingerprint density at radius 3 is 2.56 bits per heavy atom. The van der Waals surface area contributed by atoms with Crippen LogP contribution < -0.4 is 10.6 Å². The highest BCUT2D eigenvalue weighted by Gasteiger charge is 2.34. The average molecular weight is 496 g/mol.